The predicted molar refractivity (Wildman–Crippen MR) is 136 cm³/mol. The lowest BCUT2D eigenvalue weighted by molar-refractivity contribution is 0.0985. The van der Waals surface area contributed by atoms with Crippen molar-refractivity contribution < 1.29 is 13.2 Å². The first-order chi connectivity index (χ1) is 16.8. The highest BCUT2D eigenvalue weighted by molar-refractivity contribution is 7.89. The smallest absolute Gasteiger partial charge is 0.242 e. The normalized spacial score (nSPS) is 16.8. The van der Waals surface area contributed by atoms with E-state index in [9.17, 15) is 8.42 Å². The molecule has 1 aliphatic heterocycles. The summed E-state index contributed by atoms with van der Waals surface area (Å²) >= 11 is 0. The number of pyridine rings is 1. The molecule has 10 heteroatoms. The molecule has 0 aliphatic carbocycles. The summed E-state index contributed by atoms with van der Waals surface area (Å²) in [7, 11) is -0.539. The number of aromatic amines is 1. The Bertz CT molecular complexity index is 1500. The number of hydrogen-bond donors (Lipinski definition) is 1. The second-order valence-corrected chi connectivity index (χ2v) is 11.1. The van der Waals surface area contributed by atoms with E-state index in [1.165, 1.54) is 18.4 Å². The van der Waals surface area contributed by atoms with Gasteiger partial charge in [0.2, 0.25) is 10.0 Å². The first kappa shape index (κ1) is 23.4. The number of fused-ring (bicyclic) bond motifs is 1. The largest absolute Gasteiger partial charge is 0.377 e. The van der Waals surface area contributed by atoms with Gasteiger partial charge in [0.05, 0.1) is 29.8 Å². The highest BCUT2D eigenvalue weighted by atomic mass is 32.2. The molecule has 0 bridgehead atoms. The molecule has 1 aromatic carbocycles. The number of ether oxygens (including phenoxy) is 1. The molecule has 5 rings (SSSR count). The number of benzene rings is 1. The quantitative estimate of drug-likeness (QED) is 0.455. The van der Waals surface area contributed by atoms with Crippen molar-refractivity contribution in [3.63, 3.8) is 0 Å². The van der Waals surface area contributed by atoms with Gasteiger partial charge in [-0.15, -0.1) is 0 Å². The summed E-state index contributed by atoms with van der Waals surface area (Å²) in [6.45, 7) is 6.00. The third kappa shape index (κ3) is 4.29. The van der Waals surface area contributed by atoms with Crippen molar-refractivity contribution in [3.05, 3.63) is 54.4 Å². The summed E-state index contributed by atoms with van der Waals surface area (Å²) in [5.41, 5.74) is 3.95. The minimum absolute atomic E-state index is 0.144. The van der Waals surface area contributed by atoms with E-state index >= 15 is 0 Å². The molecule has 0 radical (unpaired) electrons. The van der Waals surface area contributed by atoms with Gasteiger partial charge < -0.3 is 14.6 Å². The van der Waals surface area contributed by atoms with Gasteiger partial charge in [-0.1, -0.05) is 6.07 Å². The minimum Gasteiger partial charge on any atom is -0.377 e. The van der Waals surface area contributed by atoms with Gasteiger partial charge in [0, 0.05) is 55.6 Å². The molecule has 1 saturated heterocycles. The zero-order chi connectivity index (χ0) is 24.7. The highest BCUT2D eigenvalue weighted by Crippen LogP contribution is 2.33. The fourth-order valence-electron chi connectivity index (χ4n) is 4.31. The van der Waals surface area contributed by atoms with Gasteiger partial charge in [-0.3, -0.25) is 0 Å². The van der Waals surface area contributed by atoms with E-state index in [0.717, 1.165) is 33.5 Å². The Morgan fingerprint density at radius 2 is 1.94 bits per heavy atom. The molecule has 1 N–H and O–H groups in total. The lowest BCUT2D eigenvalue weighted by Gasteiger charge is -2.34. The first-order valence-corrected chi connectivity index (χ1v) is 12.9. The summed E-state index contributed by atoms with van der Waals surface area (Å²) in [6.07, 6.45) is 3.58. The van der Waals surface area contributed by atoms with Crippen molar-refractivity contribution in [3.8, 4) is 22.6 Å². The molecule has 9 nitrogen and oxygen atoms in total. The highest BCUT2D eigenvalue weighted by Gasteiger charge is 2.24. The number of aryl methyl sites for hydroxylation is 1. The molecule has 1 atom stereocenters. The molecule has 182 valence electrons. The Balaban J connectivity index is 1.73. The average Bonchev–Trinajstić information content (AvgIpc) is 3.33. The van der Waals surface area contributed by atoms with Crippen LogP contribution < -0.4 is 4.90 Å². The molecule has 0 unspecified atom stereocenters. The van der Waals surface area contributed by atoms with Gasteiger partial charge in [-0.05, 0) is 43.7 Å². The fourth-order valence-corrected chi connectivity index (χ4v) is 5.24. The summed E-state index contributed by atoms with van der Waals surface area (Å²) in [5.74, 6) is 1.34. The average molecular weight is 493 g/mol. The van der Waals surface area contributed by atoms with E-state index in [1.807, 2.05) is 37.4 Å². The Kier molecular flexibility index (Phi) is 6.04. The minimum atomic E-state index is -3.60. The van der Waals surface area contributed by atoms with Crippen LogP contribution in [-0.2, 0) is 14.8 Å². The summed E-state index contributed by atoms with van der Waals surface area (Å²) in [4.78, 5) is 19.9. The molecule has 1 fully saturated rings. The zero-order valence-corrected chi connectivity index (χ0v) is 21.0. The van der Waals surface area contributed by atoms with Gasteiger partial charge in [0.25, 0.3) is 0 Å². The first-order valence-electron chi connectivity index (χ1n) is 11.4. The molecule has 3 aromatic heterocycles. The van der Waals surface area contributed by atoms with Crippen LogP contribution in [0.25, 0.3) is 33.7 Å². The van der Waals surface area contributed by atoms with Crippen molar-refractivity contribution in [2.45, 2.75) is 24.8 Å². The predicted octanol–water partition coefficient (Wildman–Crippen LogP) is 3.47. The number of anilines is 1. The summed E-state index contributed by atoms with van der Waals surface area (Å²) in [5, 5.41) is 0.922. The number of H-pyrrole nitrogens is 1. The second-order valence-electron chi connectivity index (χ2n) is 8.91. The lowest BCUT2D eigenvalue weighted by Crippen LogP contribution is -2.44. The number of nitrogens with one attached hydrogen (secondary N) is 1. The number of rotatable bonds is 5. The molecular weight excluding hydrogens is 464 g/mol. The van der Waals surface area contributed by atoms with Crippen LogP contribution in [0.4, 0.5) is 5.82 Å². The van der Waals surface area contributed by atoms with Crippen molar-refractivity contribution in [2.24, 2.45) is 0 Å². The maximum atomic E-state index is 12.8. The lowest BCUT2D eigenvalue weighted by atomic mass is 10.0. The molecule has 1 aliphatic rings. The van der Waals surface area contributed by atoms with E-state index in [1.54, 1.807) is 18.3 Å². The van der Waals surface area contributed by atoms with Crippen LogP contribution in [0.2, 0.25) is 0 Å². The van der Waals surface area contributed by atoms with E-state index in [4.69, 9.17) is 14.7 Å². The van der Waals surface area contributed by atoms with Crippen molar-refractivity contribution >= 4 is 26.9 Å². The summed E-state index contributed by atoms with van der Waals surface area (Å²) in [6, 6.07) is 11.1. The monoisotopic (exact) mass is 492 g/mol. The van der Waals surface area contributed by atoms with Gasteiger partial charge in [-0.2, -0.15) is 0 Å². The van der Waals surface area contributed by atoms with Crippen molar-refractivity contribution in [1.82, 2.24) is 24.2 Å². The Labute approximate surface area is 204 Å². The zero-order valence-electron chi connectivity index (χ0n) is 20.2. The van der Waals surface area contributed by atoms with E-state index < -0.39 is 10.0 Å². The molecule has 0 amide bonds. The van der Waals surface area contributed by atoms with Crippen LogP contribution in [0.1, 0.15) is 12.5 Å². The molecule has 0 saturated carbocycles. The number of hydrogen-bond acceptors (Lipinski definition) is 7. The van der Waals surface area contributed by atoms with Crippen LogP contribution in [0, 0.1) is 6.92 Å². The summed E-state index contributed by atoms with van der Waals surface area (Å²) < 4.78 is 32.6. The topological polar surface area (TPSA) is 104 Å². The van der Waals surface area contributed by atoms with E-state index in [-0.39, 0.29) is 10.9 Å². The number of nitrogens with zero attached hydrogens (tertiary/aromatic N) is 5. The van der Waals surface area contributed by atoms with Crippen LogP contribution in [0.3, 0.4) is 0 Å². The Morgan fingerprint density at radius 1 is 1.11 bits per heavy atom. The van der Waals surface area contributed by atoms with Crippen molar-refractivity contribution in [2.75, 3.05) is 38.8 Å². The van der Waals surface area contributed by atoms with Crippen LogP contribution in [0.15, 0.2) is 53.7 Å². The fraction of sp³-hybridized carbons (Fsp3) is 0.320. The van der Waals surface area contributed by atoms with E-state index in [2.05, 4.69) is 21.8 Å². The van der Waals surface area contributed by atoms with Crippen LogP contribution in [-0.4, -0.2) is 72.6 Å². The Morgan fingerprint density at radius 3 is 2.71 bits per heavy atom. The van der Waals surface area contributed by atoms with Gasteiger partial charge in [0.1, 0.15) is 11.5 Å². The Hall–Kier alpha value is -3.34. The van der Waals surface area contributed by atoms with Crippen LogP contribution >= 0.6 is 0 Å². The van der Waals surface area contributed by atoms with Gasteiger partial charge >= 0.3 is 0 Å². The molecule has 0 spiro atoms. The van der Waals surface area contributed by atoms with Gasteiger partial charge in [0.15, 0.2) is 5.82 Å². The number of aromatic nitrogens is 4. The molecular formula is C25H28N6O3S. The van der Waals surface area contributed by atoms with Gasteiger partial charge in [-0.25, -0.2) is 27.7 Å². The standard InChI is InChI=1S/C25H28N6O3S/c1-16-5-6-18(35(32,33)30(3)4)13-21(16)22-14-23(31-11-12-34-15-17(31)2)29-25(28-22)20-8-10-27-24-19(20)7-9-26-24/h5-10,13-14,17H,11-12,15H2,1-4H3,(H,26,27)/t17-/m1/s1. The maximum absolute atomic E-state index is 12.8. The molecule has 35 heavy (non-hydrogen) atoms. The third-order valence-electron chi connectivity index (χ3n) is 6.34. The van der Waals surface area contributed by atoms with Crippen molar-refractivity contribution in [1.29, 1.82) is 0 Å². The third-order valence-corrected chi connectivity index (χ3v) is 8.15. The number of morpholine rings is 1. The SMILES string of the molecule is Cc1ccc(S(=O)(=O)N(C)C)cc1-c1cc(N2CCOC[C@H]2C)nc(-c2ccnc3[nH]ccc23)n1. The molecule has 4 heterocycles. The number of sulfonamides is 1. The second kappa shape index (κ2) is 9.03. The van der Waals surface area contributed by atoms with E-state index in [0.29, 0.717) is 31.3 Å². The van der Waals surface area contributed by atoms with Crippen LogP contribution in [0.5, 0.6) is 0 Å². The maximum Gasteiger partial charge on any atom is 0.242 e. The molecule has 4 aromatic rings.